The van der Waals surface area contributed by atoms with Crippen LogP contribution >= 0.6 is 23.4 Å². The van der Waals surface area contributed by atoms with E-state index in [9.17, 15) is 18.0 Å². The van der Waals surface area contributed by atoms with E-state index in [1.54, 1.807) is 42.6 Å². The predicted octanol–water partition coefficient (Wildman–Crippen LogP) is 5.17. The lowest BCUT2D eigenvalue weighted by molar-refractivity contribution is -0.122. The highest BCUT2D eigenvalue weighted by molar-refractivity contribution is 8.18. The Morgan fingerprint density at radius 1 is 1.11 bits per heavy atom. The lowest BCUT2D eigenvalue weighted by atomic mass is 10.2. The molecule has 0 bridgehead atoms. The zero-order valence-electron chi connectivity index (χ0n) is 25.2. The Hall–Kier alpha value is -4.89. The zero-order chi connectivity index (χ0) is 33.6. The van der Waals surface area contributed by atoms with Crippen LogP contribution in [0.2, 0.25) is 5.02 Å². The van der Waals surface area contributed by atoms with Gasteiger partial charge in [0.05, 0.1) is 28.8 Å². The lowest BCUT2D eigenvalue weighted by Crippen LogP contribution is -2.28. The van der Waals surface area contributed by atoms with Gasteiger partial charge in [0, 0.05) is 36.1 Å². The van der Waals surface area contributed by atoms with Crippen LogP contribution in [0.15, 0.2) is 110 Å². The fraction of sp³-hybridized carbons (Fsp3) is 0.125. The summed E-state index contributed by atoms with van der Waals surface area (Å²) >= 11 is 7.41. The normalized spacial score (nSPS) is 15.1. The molecule has 12 nitrogen and oxygen atoms in total. The van der Waals surface area contributed by atoms with Crippen LogP contribution in [-0.2, 0) is 26.2 Å². The highest BCUT2D eigenvalue weighted by atomic mass is 35.5. The number of primary sulfonamides is 1. The molecule has 4 aromatic rings. The number of amides is 2. The standard InChI is InChI=1S/C32H29ClN6O6S2/c1-38(2)25-10-5-21(6-11-25)18-35-37-32-39(19-26-4-3-15-44-26)31(41)29(46-32)17-22-16-23(33)7-14-28(22)45-20-30(40)36-24-8-12-27(13-9-24)47(34,42)43/h3-18H,19-20H2,1-2H3,(H,36,40)(H2,34,42,43)/b29-17-,35-18-,37-32+. The molecule has 3 N–H and O–H groups in total. The van der Waals surface area contributed by atoms with Gasteiger partial charge >= 0.3 is 0 Å². The Labute approximate surface area is 280 Å². The van der Waals surface area contributed by atoms with E-state index >= 15 is 0 Å². The van der Waals surface area contributed by atoms with E-state index in [-0.39, 0.29) is 24.0 Å². The predicted molar refractivity (Wildman–Crippen MR) is 184 cm³/mol. The minimum Gasteiger partial charge on any atom is -0.483 e. The molecule has 242 valence electrons. The van der Waals surface area contributed by atoms with Gasteiger partial charge in [-0.05, 0) is 90.1 Å². The van der Waals surface area contributed by atoms with Crippen molar-refractivity contribution < 1.29 is 27.2 Å². The van der Waals surface area contributed by atoms with Crippen LogP contribution in [-0.4, -0.2) is 57.2 Å². The van der Waals surface area contributed by atoms with Gasteiger partial charge in [0.1, 0.15) is 11.5 Å². The van der Waals surface area contributed by atoms with Gasteiger partial charge in [-0.25, -0.2) is 13.6 Å². The van der Waals surface area contributed by atoms with E-state index in [1.807, 2.05) is 43.3 Å². The number of amidine groups is 1. The molecule has 5 rings (SSSR count). The summed E-state index contributed by atoms with van der Waals surface area (Å²) in [4.78, 5) is 29.9. The highest BCUT2D eigenvalue weighted by Crippen LogP contribution is 2.36. The van der Waals surface area contributed by atoms with Crippen molar-refractivity contribution in [3.63, 3.8) is 0 Å². The third-order valence-corrected chi connectivity index (χ3v) is 8.79. The van der Waals surface area contributed by atoms with Gasteiger partial charge in [0.15, 0.2) is 11.8 Å². The number of nitrogens with one attached hydrogen (secondary N) is 1. The molecule has 0 radical (unpaired) electrons. The van der Waals surface area contributed by atoms with Crippen LogP contribution in [0.4, 0.5) is 11.4 Å². The highest BCUT2D eigenvalue weighted by Gasteiger charge is 2.34. The minimum atomic E-state index is -3.86. The smallest absolute Gasteiger partial charge is 0.267 e. The van der Waals surface area contributed by atoms with E-state index < -0.39 is 15.9 Å². The van der Waals surface area contributed by atoms with Crippen LogP contribution in [0.3, 0.4) is 0 Å². The fourth-order valence-corrected chi connectivity index (χ4v) is 5.88. The molecule has 1 saturated heterocycles. The van der Waals surface area contributed by atoms with E-state index in [0.717, 1.165) is 23.0 Å². The molecule has 1 aliphatic rings. The van der Waals surface area contributed by atoms with Crippen LogP contribution in [0.5, 0.6) is 5.75 Å². The molecule has 2 amide bonds. The molecule has 1 aliphatic heterocycles. The molecule has 0 atom stereocenters. The second-order valence-electron chi connectivity index (χ2n) is 10.3. The number of thioether (sulfide) groups is 1. The number of ether oxygens (including phenoxy) is 1. The van der Waals surface area contributed by atoms with Crippen LogP contribution in [0.25, 0.3) is 6.08 Å². The van der Waals surface area contributed by atoms with Gasteiger partial charge in [-0.1, -0.05) is 23.7 Å². The third kappa shape index (κ3) is 8.89. The number of nitrogens with zero attached hydrogens (tertiary/aromatic N) is 4. The Morgan fingerprint density at radius 3 is 2.51 bits per heavy atom. The van der Waals surface area contributed by atoms with Crippen molar-refractivity contribution >= 4 is 74.0 Å². The maximum absolute atomic E-state index is 13.6. The topological polar surface area (TPSA) is 160 Å². The summed E-state index contributed by atoms with van der Waals surface area (Å²) in [5, 5.41) is 17.1. The number of sulfonamides is 1. The number of hydrogen-bond donors (Lipinski definition) is 2. The minimum absolute atomic E-state index is 0.0810. The molecule has 0 aliphatic carbocycles. The Balaban J connectivity index is 1.33. The van der Waals surface area contributed by atoms with E-state index in [1.165, 1.54) is 35.4 Å². The maximum Gasteiger partial charge on any atom is 0.267 e. The van der Waals surface area contributed by atoms with Crippen LogP contribution < -0.4 is 20.1 Å². The molecule has 0 unspecified atom stereocenters. The first kappa shape index (κ1) is 33.5. The maximum atomic E-state index is 13.6. The van der Waals surface area contributed by atoms with Crippen molar-refractivity contribution in [2.24, 2.45) is 15.3 Å². The summed E-state index contributed by atoms with van der Waals surface area (Å²) in [6.45, 7) is -0.239. The number of furan rings is 1. The number of halogens is 1. The van der Waals surface area contributed by atoms with Crippen molar-refractivity contribution in [3.05, 3.63) is 112 Å². The van der Waals surface area contributed by atoms with E-state index in [4.69, 9.17) is 25.9 Å². The lowest BCUT2D eigenvalue weighted by Gasteiger charge is -2.13. The van der Waals surface area contributed by atoms with Crippen LogP contribution in [0, 0.1) is 0 Å². The second-order valence-corrected chi connectivity index (χ2v) is 13.3. The van der Waals surface area contributed by atoms with Crippen LogP contribution in [0.1, 0.15) is 16.9 Å². The van der Waals surface area contributed by atoms with Crippen molar-refractivity contribution in [2.75, 3.05) is 30.9 Å². The van der Waals surface area contributed by atoms with Gasteiger partial charge in [0.2, 0.25) is 10.0 Å². The Kier molecular flexibility index (Phi) is 10.5. The molecule has 47 heavy (non-hydrogen) atoms. The monoisotopic (exact) mass is 692 g/mol. The summed E-state index contributed by atoms with van der Waals surface area (Å²) in [5.41, 5.74) is 2.70. The average Bonchev–Trinajstić information content (AvgIpc) is 3.65. The molecular weight excluding hydrogens is 664 g/mol. The third-order valence-electron chi connectivity index (χ3n) is 6.63. The van der Waals surface area contributed by atoms with Crippen molar-refractivity contribution in [2.45, 2.75) is 11.4 Å². The average molecular weight is 693 g/mol. The first-order valence-electron chi connectivity index (χ1n) is 13.9. The molecule has 3 aromatic carbocycles. The first-order valence-corrected chi connectivity index (χ1v) is 16.7. The van der Waals surface area contributed by atoms with E-state index in [0.29, 0.717) is 37.9 Å². The Bertz CT molecular complexity index is 1960. The molecule has 1 aromatic heterocycles. The van der Waals surface area contributed by atoms with Gasteiger partial charge in [-0.2, -0.15) is 5.10 Å². The molecule has 1 fully saturated rings. The fourth-order valence-electron chi connectivity index (χ4n) is 4.26. The van der Waals surface area contributed by atoms with Gasteiger partial charge in [-0.15, -0.1) is 5.10 Å². The number of nitrogens with two attached hydrogens (primary N) is 1. The SMILES string of the molecule is CN(C)c1ccc(/C=N\N=C2\S/C(=C\c3cc(Cl)ccc3OCC(=O)Nc3ccc(S(N)(=O)=O)cc3)C(=O)N2Cc2ccco2)cc1. The quantitative estimate of drug-likeness (QED) is 0.124. The summed E-state index contributed by atoms with van der Waals surface area (Å²) in [6.07, 6.45) is 4.74. The summed E-state index contributed by atoms with van der Waals surface area (Å²) in [5.74, 6) is 0.0363. The molecule has 15 heteroatoms. The van der Waals surface area contributed by atoms with E-state index in [2.05, 4.69) is 15.5 Å². The number of carbonyl (C=O) groups is 2. The molecular formula is C32H29ClN6O6S2. The zero-order valence-corrected chi connectivity index (χ0v) is 27.6. The van der Waals surface area contributed by atoms with Gasteiger partial charge in [-0.3, -0.25) is 14.5 Å². The van der Waals surface area contributed by atoms with Crippen molar-refractivity contribution in [3.8, 4) is 5.75 Å². The Morgan fingerprint density at radius 2 is 1.85 bits per heavy atom. The van der Waals surface area contributed by atoms with Gasteiger partial charge in [0.25, 0.3) is 11.8 Å². The largest absolute Gasteiger partial charge is 0.483 e. The summed E-state index contributed by atoms with van der Waals surface area (Å²) in [6, 6.07) is 21.5. The van der Waals surface area contributed by atoms with Crippen molar-refractivity contribution in [1.82, 2.24) is 4.90 Å². The first-order chi connectivity index (χ1) is 22.5. The van der Waals surface area contributed by atoms with Crippen molar-refractivity contribution in [1.29, 1.82) is 0 Å². The molecule has 0 spiro atoms. The summed E-state index contributed by atoms with van der Waals surface area (Å²) < 4.78 is 34.2. The second kappa shape index (κ2) is 14.7. The number of anilines is 2. The van der Waals surface area contributed by atoms with Gasteiger partial charge < -0.3 is 19.4 Å². The molecule has 2 heterocycles. The summed E-state index contributed by atoms with van der Waals surface area (Å²) in [7, 11) is 0.0581. The number of hydrogen-bond acceptors (Lipinski definition) is 10. The number of benzene rings is 3. The molecule has 0 saturated carbocycles. The number of rotatable bonds is 11. The number of carbonyl (C=O) groups excluding carboxylic acids is 2.